The Morgan fingerprint density at radius 3 is 2.60 bits per heavy atom. The van der Waals surface area contributed by atoms with E-state index in [4.69, 9.17) is 19.4 Å². The molecule has 2 aliphatic rings. The highest BCUT2D eigenvalue weighted by Gasteiger charge is 2.49. The highest BCUT2D eigenvalue weighted by atomic mass is 32.2. The first-order valence-corrected chi connectivity index (χ1v) is 10.1. The van der Waals surface area contributed by atoms with Gasteiger partial charge in [0, 0.05) is 39.8 Å². The van der Waals surface area contributed by atoms with Gasteiger partial charge in [0.05, 0.1) is 12.2 Å². The Morgan fingerprint density at radius 1 is 1.43 bits per heavy atom. The molecule has 14 heteroatoms. The number of halogens is 4. The summed E-state index contributed by atoms with van der Waals surface area (Å²) in [6.45, 7) is 0.995. The predicted octanol–water partition coefficient (Wildman–Crippen LogP) is 1.27. The fourth-order valence-electron chi connectivity index (χ4n) is 3.01. The van der Waals surface area contributed by atoms with Crippen LogP contribution in [0.4, 0.5) is 17.6 Å². The average molecular weight is 459 g/mol. The Kier molecular flexibility index (Phi) is 7.27. The van der Waals surface area contributed by atoms with Gasteiger partial charge in [0.25, 0.3) is 16.1 Å². The molecule has 3 heterocycles. The van der Waals surface area contributed by atoms with Crippen molar-refractivity contribution in [1.29, 1.82) is 0 Å². The molecule has 1 N–H and O–H groups in total. The summed E-state index contributed by atoms with van der Waals surface area (Å²) in [6, 6.07) is 2.78. The van der Waals surface area contributed by atoms with Crippen LogP contribution in [0.15, 0.2) is 18.3 Å². The van der Waals surface area contributed by atoms with Gasteiger partial charge in [-0.2, -0.15) is 30.2 Å². The molecular formula is C16H21F4N3O6S. The lowest BCUT2D eigenvalue weighted by atomic mass is 9.98. The molecule has 2 atom stereocenters. The summed E-state index contributed by atoms with van der Waals surface area (Å²) in [5.41, 5.74) is -0.557. The monoisotopic (exact) mass is 459 g/mol. The quantitative estimate of drug-likeness (QED) is 0.676. The fourth-order valence-corrected chi connectivity index (χ4v) is 4.20. The third-order valence-electron chi connectivity index (χ3n) is 4.49. The molecule has 2 fully saturated rings. The summed E-state index contributed by atoms with van der Waals surface area (Å²) in [4.78, 5) is 12.8. The van der Waals surface area contributed by atoms with Crippen molar-refractivity contribution in [2.24, 2.45) is 0 Å². The maximum Gasteiger partial charge on any atom is 0.490 e. The van der Waals surface area contributed by atoms with Crippen molar-refractivity contribution < 1.29 is 45.4 Å². The summed E-state index contributed by atoms with van der Waals surface area (Å²) in [7, 11) is -0.439. The number of ether oxygens (including phenoxy) is 2. The second kappa shape index (κ2) is 8.99. The van der Waals surface area contributed by atoms with Crippen LogP contribution >= 0.6 is 0 Å². The summed E-state index contributed by atoms with van der Waals surface area (Å²) in [6.07, 6.45) is -2.83. The van der Waals surface area contributed by atoms with Gasteiger partial charge < -0.3 is 14.6 Å². The number of carbonyl (C=O) groups is 1. The van der Waals surface area contributed by atoms with Crippen molar-refractivity contribution in [3.05, 3.63) is 24.1 Å². The van der Waals surface area contributed by atoms with E-state index >= 15 is 0 Å². The maximum absolute atomic E-state index is 13.6. The summed E-state index contributed by atoms with van der Waals surface area (Å²) in [5, 5.41) is 7.12. The molecule has 0 amide bonds. The number of carboxylic acids is 1. The lowest BCUT2D eigenvalue weighted by Crippen LogP contribution is -2.41. The van der Waals surface area contributed by atoms with Gasteiger partial charge in [-0.3, -0.25) is 0 Å². The molecule has 1 aromatic rings. The molecule has 1 spiro atoms. The van der Waals surface area contributed by atoms with Crippen LogP contribution in [-0.4, -0.2) is 84.8 Å². The van der Waals surface area contributed by atoms with Crippen molar-refractivity contribution in [2.45, 2.75) is 30.7 Å². The lowest BCUT2D eigenvalue weighted by Gasteiger charge is -2.24. The van der Waals surface area contributed by atoms with E-state index in [0.717, 1.165) is 0 Å². The third-order valence-corrected chi connectivity index (χ3v) is 6.38. The van der Waals surface area contributed by atoms with E-state index in [1.807, 2.05) is 0 Å². The Bertz CT molecular complexity index is 867. The number of hydrogen-bond acceptors (Lipinski definition) is 6. The first kappa shape index (κ1) is 24.2. The van der Waals surface area contributed by atoms with Crippen LogP contribution in [0.1, 0.15) is 12.8 Å². The van der Waals surface area contributed by atoms with Crippen LogP contribution < -0.4 is 4.74 Å². The van der Waals surface area contributed by atoms with Crippen LogP contribution in [0, 0.1) is 5.82 Å². The molecule has 30 heavy (non-hydrogen) atoms. The molecule has 0 unspecified atom stereocenters. The maximum atomic E-state index is 13.6. The van der Waals surface area contributed by atoms with Crippen LogP contribution in [0.3, 0.4) is 0 Å². The van der Waals surface area contributed by atoms with Crippen molar-refractivity contribution in [3.63, 3.8) is 0 Å². The normalized spacial score (nSPS) is 24.7. The van der Waals surface area contributed by atoms with Gasteiger partial charge in [-0.1, -0.05) is 0 Å². The molecule has 0 aliphatic carbocycles. The number of rotatable bonds is 4. The number of carboxylic acid groups (broad SMARTS) is 1. The fraction of sp³-hybridized carbons (Fsp3) is 0.625. The number of nitrogens with zero attached hydrogens (tertiary/aromatic N) is 3. The molecule has 2 aliphatic heterocycles. The zero-order chi connectivity index (χ0) is 22.7. The van der Waals surface area contributed by atoms with Crippen LogP contribution in [0.2, 0.25) is 0 Å². The summed E-state index contributed by atoms with van der Waals surface area (Å²) < 4.78 is 83.7. The van der Waals surface area contributed by atoms with E-state index in [-0.39, 0.29) is 18.5 Å². The molecule has 2 saturated heterocycles. The van der Waals surface area contributed by atoms with E-state index < -0.39 is 33.8 Å². The lowest BCUT2D eigenvalue weighted by molar-refractivity contribution is -0.192. The van der Waals surface area contributed by atoms with Crippen LogP contribution in [0.25, 0.3) is 0 Å². The van der Waals surface area contributed by atoms with Crippen molar-refractivity contribution >= 4 is 16.2 Å². The molecular weight excluding hydrogens is 438 g/mol. The molecule has 170 valence electrons. The second-order valence-electron chi connectivity index (χ2n) is 6.91. The Hall–Kier alpha value is -2.03. The minimum absolute atomic E-state index is 0.0473. The predicted molar refractivity (Wildman–Crippen MR) is 94.4 cm³/mol. The molecule has 0 radical (unpaired) electrons. The number of aliphatic carboxylic acids is 1. The Balaban J connectivity index is 0.000000396. The molecule has 0 aromatic carbocycles. The van der Waals surface area contributed by atoms with Crippen molar-refractivity contribution in [1.82, 2.24) is 13.6 Å². The summed E-state index contributed by atoms with van der Waals surface area (Å²) >= 11 is 0. The first-order chi connectivity index (χ1) is 13.8. The van der Waals surface area contributed by atoms with Gasteiger partial charge in [-0.05, 0) is 18.6 Å². The first-order valence-electron chi connectivity index (χ1n) is 8.66. The van der Waals surface area contributed by atoms with Gasteiger partial charge in [0.15, 0.2) is 5.82 Å². The van der Waals surface area contributed by atoms with E-state index in [9.17, 15) is 26.0 Å². The number of hydrogen-bond donors (Lipinski definition) is 1. The zero-order valence-corrected chi connectivity index (χ0v) is 16.9. The number of alkyl halides is 3. The number of aromatic nitrogens is 1. The topological polar surface area (TPSA) is 109 Å². The highest BCUT2D eigenvalue weighted by molar-refractivity contribution is 7.86. The smallest absolute Gasteiger partial charge is 0.475 e. The van der Waals surface area contributed by atoms with Gasteiger partial charge in [0.2, 0.25) is 0 Å². The van der Waals surface area contributed by atoms with Crippen molar-refractivity contribution in [3.8, 4) is 5.88 Å². The third kappa shape index (κ3) is 5.77. The van der Waals surface area contributed by atoms with E-state index in [1.165, 1.54) is 41.0 Å². The molecule has 0 bridgehead atoms. The Labute approximate surface area is 170 Å². The molecule has 1 aromatic heterocycles. The largest absolute Gasteiger partial charge is 0.490 e. The van der Waals surface area contributed by atoms with E-state index in [2.05, 4.69) is 4.98 Å². The van der Waals surface area contributed by atoms with Gasteiger partial charge in [-0.25, -0.2) is 14.2 Å². The van der Waals surface area contributed by atoms with Gasteiger partial charge >= 0.3 is 12.1 Å². The Morgan fingerprint density at radius 2 is 2.07 bits per heavy atom. The van der Waals surface area contributed by atoms with E-state index in [1.54, 1.807) is 0 Å². The van der Waals surface area contributed by atoms with Crippen molar-refractivity contribution in [2.75, 3.05) is 33.8 Å². The van der Waals surface area contributed by atoms with Crippen LogP contribution in [-0.2, 0) is 19.7 Å². The second-order valence-corrected chi connectivity index (χ2v) is 9.05. The van der Waals surface area contributed by atoms with Crippen LogP contribution in [0.5, 0.6) is 5.88 Å². The number of pyridine rings is 1. The van der Waals surface area contributed by atoms with Gasteiger partial charge in [0.1, 0.15) is 6.10 Å². The zero-order valence-electron chi connectivity index (χ0n) is 16.1. The molecule has 0 saturated carbocycles. The molecule has 3 rings (SSSR count). The van der Waals surface area contributed by atoms with E-state index in [0.29, 0.717) is 26.0 Å². The van der Waals surface area contributed by atoms with Gasteiger partial charge in [-0.15, -0.1) is 0 Å². The standard InChI is InChI=1S/C14H20FN3O4S.C2HF3O2/c1-17(2)23(19,20)18-7-5-14(10-18)8-11(9-21-14)22-13-12(15)4-3-6-16-13;3-2(4,5)1(6)7/h3-4,6,11H,5,7-10H2,1-2H3;(H,6,7)/t11-,14-;/m0./s1. The summed E-state index contributed by atoms with van der Waals surface area (Å²) in [5.74, 6) is -3.32. The SMILES string of the molecule is CN(C)S(=O)(=O)N1CC[C@]2(C[C@H](Oc3ncccc3F)CO2)C1.O=C(O)C(F)(F)F. The minimum atomic E-state index is -5.08. The minimum Gasteiger partial charge on any atom is -0.475 e. The molecule has 9 nitrogen and oxygen atoms in total. The average Bonchev–Trinajstić information content (AvgIpc) is 3.24. The highest BCUT2D eigenvalue weighted by Crippen LogP contribution is 2.37.